The average Bonchev–Trinajstić information content (AvgIpc) is 3.31. The van der Waals surface area contributed by atoms with Gasteiger partial charge in [0.2, 0.25) is 23.6 Å². The molecule has 0 saturated carbocycles. The Bertz CT molecular complexity index is 1520. The van der Waals surface area contributed by atoms with Gasteiger partial charge in [0, 0.05) is 12.8 Å². The second-order valence-electron chi connectivity index (χ2n) is 11.4. The molecule has 48 heavy (non-hydrogen) atoms. The summed E-state index contributed by atoms with van der Waals surface area (Å²) in [5.74, 6) is -3.44. The van der Waals surface area contributed by atoms with Crippen molar-refractivity contribution < 1.29 is 28.8 Å². The summed E-state index contributed by atoms with van der Waals surface area (Å²) in [6.07, 6.45) is 31.7. The van der Waals surface area contributed by atoms with Gasteiger partial charge in [-0.15, -0.1) is 0 Å². The first kappa shape index (κ1) is 37.3. The van der Waals surface area contributed by atoms with Crippen molar-refractivity contribution in [2.45, 2.75) is 90.1 Å². The fraction of sp³-hybridized carbons (Fsp3) is 0.368. The van der Waals surface area contributed by atoms with E-state index in [1.165, 1.54) is 25.1 Å². The molecule has 2 aliphatic heterocycles. The third-order valence-corrected chi connectivity index (χ3v) is 7.63. The zero-order valence-electron chi connectivity index (χ0n) is 27.8. The van der Waals surface area contributed by atoms with Crippen molar-refractivity contribution in [2.75, 3.05) is 5.32 Å². The van der Waals surface area contributed by atoms with E-state index >= 15 is 0 Å². The zero-order valence-corrected chi connectivity index (χ0v) is 27.8. The molecule has 1 saturated heterocycles. The van der Waals surface area contributed by atoms with Crippen molar-refractivity contribution in [1.29, 1.82) is 0 Å². The average molecular weight is 655 g/mol. The molecule has 3 N–H and O–H groups in total. The van der Waals surface area contributed by atoms with Crippen LogP contribution in [0.1, 0.15) is 98.8 Å². The number of benzene rings is 1. The first-order valence-electron chi connectivity index (χ1n) is 16.6. The Balaban J connectivity index is 1.34. The molecule has 10 heteroatoms. The molecule has 0 aromatic heterocycles. The minimum atomic E-state index is -1.11. The molecular formula is C38H46N4O6. The predicted molar refractivity (Wildman–Crippen MR) is 187 cm³/mol. The Morgan fingerprint density at radius 3 is 1.96 bits per heavy atom. The van der Waals surface area contributed by atoms with Gasteiger partial charge in [0.1, 0.15) is 12.1 Å². The molecule has 1 aromatic carbocycles. The summed E-state index contributed by atoms with van der Waals surface area (Å²) in [6.45, 7) is 3.66. The molecule has 0 spiro atoms. The van der Waals surface area contributed by atoms with E-state index in [2.05, 4.69) is 83.6 Å². The Morgan fingerprint density at radius 2 is 1.40 bits per heavy atom. The van der Waals surface area contributed by atoms with Crippen LogP contribution in [0.5, 0.6) is 0 Å². The van der Waals surface area contributed by atoms with Gasteiger partial charge < -0.3 is 10.6 Å². The number of piperidine rings is 1. The number of fused-ring (bicyclic) bond motifs is 1. The van der Waals surface area contributed by atoms with Crippen LogP contribution in [0.3, 0.4) is 0 Å². The molecule has 2 heterocycles. The summed E-state index contributed by atoms with van der Waals surface area (Å²) in [7, 11) is 0. The summed E-state index contributed by atoms with van der Waals surface area (Å²) in [5, 5.41) is 7.43. The first-order valence-corrected chi connectivity index (χ1v) is 16.6. The van der Waals surface area contributed by atoms with Crippen molar-refractivity contribution in [3.05, 3.63) is 102 Å². The quantitative estimate of drug-likeness (QED) is 0.131. The van der Waals surface area contributed by atoms with E-state index in [-0.39, 0.29) is 42.0 Å². The van der Waals surface area contributed by atoms with Gasteiger partial charge in [0.05, 0.1) is 16.8 Å². The van der Waals surface area contributed by atoms with Crippen LogP contribution in [0.15, 0.2) is 91.1 Å². The summed E-state index contributed by atoms with van der Waals surface area (Å²) < 4.78 is 0. The van der Waals surface area contributed by atoms with Crippen molar-refractivity contribution >= 4 is 41.1 Å². The molecule has 1 aromatic rings. The number of anilines is 1. The molecule has 1 unspecified atom stereocenters. The number of nitrogens with zero attached hydrogens (tertiary/aromatic N) is 1. The summed E-state index contributed by atoms with van der Waals surface area (Å²) in [6, 6.07) is 2.42. The molecule has 2 atom stereocenters. The van der Waals surface area contributed by atoms with Gasteiger partial charge in [-0.1, -0.05) is 85.9 Å². The number of amides is 6. The molecule has 10 nitrogen and oxygen atoms in total. The number of imide groups is 2. The van der Waals surface area contributed by atoms with Gasteiger partial charge in [-0.2, -0.15) is 0 Å². The SMILES string of the molecule is CCC=CCC=CCC=CCC=CCC=CCC=CCCC(=O)N[C@@H](C)C(=O)Nc1cccc2c1C(=O)N(C1CCC(=O)NC1=O)C2=O. The minimum Gasteiger partial charge on any atom is -0.345 e. The normalized spacial score (nSPS) is 17.5. The lowest BCUT2D eigenvalue weighted by Gasteiger charge is -2.27. The highest BCUT2D eigenvalue weighted by atomic mass is 16.2. The van der Waals surface area contributed by atoms with Crippen molar-refractivity contribution in [3.63, 3.8) is 0 Å². The second-order valence-corrected chi connectivity index (χ2v) is 11.4. The third kappa shape index (κ3) is 11.6. The van der Waals surface area contributed by atoms with Crippen molar-refractivity contribution in [2.24, 2.45) is 0 Å². The van der Waals surface area contributed by atoms with Gasteiger partial charge >= 0.3 is 0 Å². The lowest BCUT2D eigenvalue weighted by atomic mass is 10.0. The number of allylic oxidation sites excluding steroid dienone is 12. The smallest absolute Gasteiger partial charge is 0.264 e. The number of carbonyl (C=O) groups excluding carboxylic acids is 6. The molecule has 6 amide bonds. The number of rotatable bonds is 18. The van der Waals surface area contributed by atoms with E-state index in [1.54, 1.807) is 0 Å². The first-order chi connectivity index (χ1) is 23.2. The van der Waals surface area contributed by atoms with Crippen molar-refractivity contribution in [3.8, 4) is 0 Å². The van der Waals surface area contributed by atoms with Crippen molar-refractivity contribution in [1.82, 2.24) is 15.5 Å². The monoisotopic (exact) mass is 654 g/mol. The molecule has 0 bridgehead atoms. The van der Waals surface area contributed by atoms with Crippen LogP contribution in [-0.4, -0.2) is 52.4 Å². The van der Waals surface area contributed by atoms with Crippen LogP contribution >= 0.6 is 0 Å². The predicted octanol–water partition coefficient (Wildman–Crippen LogP) is 6.01. The third-order valence-electron chi connectivity index (χ3n) is 7.63. The molecule has 0 radical (unpaired) electrons. The van der Waals surface area contributed by atoms with Crippen LogP contribution < -0.4 is 16.0 Å². The Labute approximate surface area is 282 Å². The standard InChI is InChI=1S/C38H46N4O6/c1-3-4-5-6-7-8-9-10-11-12-13-14-15-16-17-18-19-20-21-25-32(43)39-28(2)35(45)40-30-24-22-23-29-34(30)38(48)42(37(29)47)31-26-27-33(44)41-36(31)46/h4-5,7-8,10-11,13-14,16-17,19-20,22-24,28,31H,3,6,9,12,15,18,21,25-27H2,1-2H3,(H,39,43)(H,40,45)(H,41,44,46)/t28-,31?/m0/s1. The largest absolute Gasteiger partial charge is 0.345 e. The molecule has 2 aliphatic rings. The van der Waals surface area contributed by atoms with Gasteiger partial charge in [0.25, 0.3) is 11.8 Å². The van der Waals surface area contributed by atoms with Crippen LogP contribution in [0.4, 0.5) is 5.69 Å². The van der Waals surface area contributed by atoms with Crippen LogP contribution in [-0.2, 0) is 19.2 Å². The van der Waals surface area contributed by atoms with E-state index in [9.17, 15) is 28.8 Å². The Morgan fingerprint density at radius 1 is 0.833 bits per heavy atom. The highest BCUT2D eigenvalue weighted by Crippen LogP contribution is 2.32. The Hall–Kier alpha value is -5.12. The number of carbonyl (C=O) groups is 6. The van der Waals surface area contributed by atoms with Gasteiger partial charge in [-0.25, -0.2) is 0 Å². The summed E-state index contributed by atoms with van der Waals surface area (Å²) in [4.78, 5) is 76.2. The van der Waals surface area contributed by atoms with E-state index in [4.69, 9.17) is 0 Å². The molecule has 3 rings (SSSR count). The number of hydrogen-bond donors (Lipinski definition) is 3. The van der Waals surface area contributed by atoms with Gasteiger partial charge in [-0.05, 0) is 70.4 Å². The van der Waals surface area contributed by atoms with Crippen LogP contribution in [0.25, 0.3) is 0 Å². The number of nitrogens with one attached hydrogen (secondary N) is 3. The van der Waals surface area contributed by atoms with E-state index in [0.29, 0.717) is 6.42 Å². The summed E-state index contributed by atoms with van der Waals surface area (Å²) in [5.41, 5.74) is 0.122. The maximum atomic E-state index is 13.2. The zero-order chi connectivity index (χ0) is 34.7. The lowest BCUT2D eigenvalue weighted by molar-refractivity contribution is -0.136. The van der Waals surface area contributed by atoms with E-state index < -0.39 is 41.6 Å². The van der Waals surface area contributed by atoms with Crippen LogP contribution in [0, 0.1) is 0 Å². The van der Waals surface area contributed by atoms with Gasteiger partial charge in [0.15, 0.2) is 0 Å². The van der Waals surface area contributed by atoms with Crippen LogP contribution in [0.2, 0.25) is 0 Å². The number of hydrogen-bond acceptors (Lipinski definition) is 6. The molecule has 254 valence electrons. The molecule has 0 aliphatic carbocycles. The topological polar surface area (TPSA) is 142 Å². The van der Waals surface area contributed by atoms with E-state index in [1.807, 2.05) is 12.2 Å². The fourth-order valence-corrected chi connectivity index (χ4v) is 5.09. The molecule has 1 fully saturated rings. The minimum absolute atomic E-state index is 0.00467. The van der Waals surface area contributed by atoms with Gasteiger partial charge in [-0.3, -0.25) is 39.0 Å². The fourth-order valence-electron chi connectivity index (χ4n) is 5.09. The lowest BCUT2D eigenvalue weighted by Crippen LogP contribution is -2.54. The Kier molecular flexibility index (Phi) is 15.7. The maximum absolute atomic E-state index is 13.2. The summed E-state index contributed by atoms with van der Waals surface area (Å²) >= 11 is 0. The maximum Gasteiger partial charge on any atom is 0.264 e. The molecular weight excluding hydrogens is 608 g/mol. The second kappa shape index (κ2) is 20.2. The highest BCUT2D eigenvalue weighted by molar-refractivity contribution is 6.26. The van der Waals surface area contributed by atoms with E-state index in [0.717, 1.165) is 43.4 Å². The highest BCUT2D eigenvalue weighted by Gasteiger charge is 2.45.